The number of rotatable bonds is 5. The average Bonchev–Trinajstić information content (AvgIpc) is 1.93. The summed E-state index contributed by atoms with van der Waals surface area (Å²) in [5, 5.41) is 0. The molecule has 1 aliphatic heterocycles. The van der Waals surface area contributed by atoms with Crippen molar-refractivity contribution < 1.29 is 0 Å². The average molecular weight is 169 g/mol. The van der Waals surface area contributed by atoms with Crippen LogP contribution in [0.15, 0.2) is 0 Å². The molecule has 1 heterocycles. The van der Waals surface area contributed by atoms with Crippen molar-refractivity contribution in [1.82, 2.24) is 4.90 Å². The van der Waals surface area contributed by atoms with Crippen molar-refractivity contribution >= 4 is 0 Å². The van der Waals surface area contributed by atoms with Crippen molar-refractivity contribution in [3.63, 3.8) is 0 Å². The van der Waals surface area contributed by atoms with Crippen molar-refractivity contribution in [2.24, 2.45) is 11.8 Å². The Morgan fingerprint density at radius 3 is 2.42 bits per heavy atom. The molecule has 72 valence electrons. The van der Waals surface area contributed by atoms with E-state index in [0.717, 1.165) is 11.8 Å². The summed E-state index contributed by atoms with van der Waals surface area (Å²) < 4.78 is 0. The molecule has 0 amide bonds. The van der Waals surface area contributed by atoms with Gasteiger partial charge in [-0.3, -0.25) is 0 Å². The lowest BCUT2D eigenvalue weighted by molar-refractivity contribution is 0.124. The first-order chi connectivity index (χ1) is 5.68. The lowest BCUT2D eigenvalue weighted by Gasteiger charge is -2.36. The summed E-state index contributed by atoms with van der Waals surface area (Å²) in [5.74, 6) is 1.93. The summed E-state index contributed by atoms with van der Waals surface area (Å²) in [7, 11) is 2.21. The number of hydrogen-bond acceptors (Lipinski definition) is 1. The standard InChI is InChI=1S/C11H23N/c1-10(2)6-4-5-7-11-8-12(3)9-11/h10-11H,4-9H2,1-3H3. The lowest BCUT2D eigenvalue weighted by atomic mass is 9.93. The van der Waals surface area contributed by atoms with Crippen LogP contribution in [0.2, 0.25) is 0 Å². The Bertz CT molecular complexity index is 114. The van der Waals surface area contributed by atoms with Gasteiger partial charge in [-0.25, -0.2) is 0 Å². The first kappa shape index (κ1) is 10.0. The highest BCUT2D eigenvalue weighted by Gasteiger charge is 2.21. The molecular formula is C11H23N. The van der Waals surface area contributed by atoms with E-state index < -0.39 is 0 Å². The summed E-state index contributed by atoms with van der Waals surface area (Å²) in [6.07, 6.45) is 5.79. The Morgan fingerprint density at radius 2 is 1.92 bits per heavy atom. The van der Waals surface area contributed by atoms with Crippen LogP contribution in [0.4, 0.5) is 0 Å². The van der Waals surface area contributed by atoms with Crippen molar-refractivity contribution in [2.45, 2.75) is 39.5 Å². The molecule has 0 aromatic heterocycles. The Hall–Kier alpha value is -0.0400. The van der Waals surface area contributed by atoms with Gasteiger partial charge in [0.05, 0.1) is 0 Å². The Morgan fingerprint density at radius 1 is 1.25 bits per heavy atom. The molecule has 0 aliphatic carbocycles. The van der Waals surface area contributed by atoms with Crippen molar-refractivity contribution in [3.05, 3.63) is 0 Å². The Labute approximate surface area is 77.1 Å². The zero-order valence-electron chi connectivity index (χ0n) is 8.84. The van der Waals surface area contributed by atoms with Gasteiger partial charge in [-0.05, 0) is 25.3 Å². The van der Waals surface area contributed by atoms with Gasteiger partial charge in [0.2, 0.25) is 0 Å². The molecule has 1 aliphatic rings. The van der Waals surface area contributed by atoms with Crippen molar-refractivity contribution in [2.75, 3.05) is 20.1 Å². The minimum Gasteiger partial charge on any atom is -0.306 e. The maximum absolute atomic E-state index is 2.41. The lowest BCUT2D eigenvalue weighted by Crippen LogP contribution is -2.43. The fraction of sp³-hybridized carbons (Fsp3) is 1.00. The molecule has 1 saturated heterocycles. The fourth-order valence-corrected chi connectivity index (χ4v) is 2.00. The third-order valence-corrected chi connectivity index (χ3v) is 2.78. The molecule has 12 heavy (non-hydrogen) atoms. The van der Waals surface area contributed by atoms with Crippen LogP contribution < -0.4 is 0 Å². The topological polar surface area (TPSA) is 3.24 Å². The highest BCUT2D eigenvalue weighted by atomic mass is 15.2. The van der Waals surface area contributed by atoms with Crippen molar-refractivity contribution in [1.29, 1.82) is 0 Å². The minimum atomic E-state index is 0.897. The molecule has 1 fully saturated rings. The number of hydrogen-bond donors (Lipinski definition) is 0. The van der Waals surface area contributed by atoms with E-state index in [2.05, 4.69) is 25.8 Å². The van der Waals surface area contributed by atoms with E-state index in [1.807, 2.05) is 0 Å². The van der Waals surface area contributed by atoms with Crippen LogP contribution in [0.5, 0.6) is 0 Å². The fourth-order valence-electron chi connectivity index (χ4n) is 2.00. The minimum absolute atomic E-state index is 0.897. The number of unbranched alkanes of at least 4 members (excludes halogenated alkanes) is 1. The smallest absolute Gasteiger partial charge is 0.00190 e. The molecule has 0 radical (unpaired) electrons. The summed E-state index contributed by atoms with van der Waals surface area (Å²) >= 11 is 0. The van der Waals surface area contributed by atoms with Crippen LogP contribution in [0.3, 0.4) is 0 Å². The van der Waals surface area contributed by atoms with E-state index in [0.29, 0.717) is 0 Å². The second-order valence-corrected chi connectivity index (χ2v) is 4.77. The molecule has 1 heteroatoms. The van der Waals surface area contributed by atoms with Crippen LogP contribution in [-0.4, -0.2) is 25.0 Å². The van der Waals surface area contributed by atoms with E-state index in [9.17, 15) is 0 Å². The van der Waals surface area contributed by atoms with Gasteiger partial charge in [0.25, 0.3) is 0 Å². The van der Waals surface area contributed by atoms with Crippen LogP contribution in [0, 0.1) is 11.8 Å². The second kappa shape index (κ2) is 4.86. The van der Waals surface area contributed by atoms with Gasteiger partial charge in [-0.1, -0.05) is 33.1 Å². The molecule has 0 unspecified atom stereocenters. The first-order valence-electron chi connectivity index (χ1n) is 5.37. The van der Waals surface area contributed by atoms with Crippen LogP contribution in [0.1, 0.15) is 39.5 Å². The number of likely N-dealkylation sites (tertiary alicyclic amines) is 1. The van der Waals surface area contributed by atoms with Gasteiger partial charge in [-0.2, -0.15) is 0 Å². The first-order valence-corrected chi connectivity index (χ1v) is 5.37. The largest absolute Gasteiger partial charge is 0.306 e. The predicted molar refractivity (Wildman–Crippen MR) is 54.3 cm³/mol. The molecule has 0 atom stereocenters. The summed E-state index contributed by atoms with van der Waals surface area (Å²) in [4.78, 5) is 2.41. The van der Waals surface area contributed by atoms with Gasteiger partial charge in [0, 0.05) is 13.1 Å². The molecule has 0 aromatic carbocycles. The maximum Gasteiger partial charge on any atom is 0.00190 e. The Kier molecular flexibility index (Phi) is 4.07. The molecule has 0 spiro atoms. The molecule has 0 N–H and O–H groups in total. The zero-order valence-corrected chi connectivity index (χ0v) is 8.84. The normalized spacial score (nSPS) is 20.0. The predicted octanol–water partition coefficient (Wildman–Crippen LogP) is 2.76. The van der Waals surface area contributed by atoms with E-state index in [1.54, 1.807) is 0 Å². The van der Waals surface area contributed by atoms with Crippen LogP contribution in [0.25, 0.3) is 0 Å². The second-order valence-electron chi connectivity index (χ2n) is 4.77. The third kappa shape index (κ3) is 3.57. The van der Waals surface area contributed by atoms with Gasteiger partial charge in [0.15, 0.2) is 0 Å². The van der Waals surface area contributed by atoms with Gasteiger partial charge in [-0.15, -0.1) is 0 Å². The van der Waals surface area contributed by atoms with E-state index in [-0.39, 0.29) is 0 Å². The molecular weight excluding hydrogens is 146 g/mol. The summed E-state index contributed by atoms with van der Waals surface area (Å²) in [5.41, 5.74) is 0. The third-order valence-electron chi connectivity index (χ3n) is 2.78. The molecule has 1 rings (SSSR count). The van der Waals surface area contributed by atoms with Gasteiger partial charge < -0.3 is 4.90 Å². The highest BCUT2D eigenvalue weighted by molar-refractivity contribution is 4.76. The number of nitrogens with zero attached hydrogens (tertiary/aromatic N) is 1. The Balaban J connectivity index is 1.83. The van der Waals surface area contributed by atoms with E-state index in [1.165, 1.54) is 38.8 Å². The highest BCUT2D eigenvalue weighted by Crippen LogP contribution is 2.20. The van der Waals surface area contributed by atoms with Gasteiger partial charge in [0.1, 0.15) is 0 Å². The van der Waals surface area contributed by atoms with Gasteiger partial charge >= 0.3 is 0 Å². The summed E-state index contributed by atoms with van der Waals surface area (Å²) in [6, 6.07) is 0. The van der Waals surface area contributed by atoms with Crippen molar-refractivity contribution in [3.8, 4) is 0 Å². The molecule has 0 aromatic rings. The van der Waals surface area contributed by atoms with Crippen LogP contribution in [-0.2, 0) is 0 Å². The van der Waals surface area contributed by atoms with Crippen LogP contribution >= 0.6 is 0 Å². The zero-order chi connectivity index (χ0) is 8.97. The molecule has 1 nitrogen and oxygen atoms in total. The molecule has 0 saturated carbocycles. The quantitative estimate of drug-likeness (QED) is 0.572. The monoisotopic (exact) mass is 169 g/mol. The summed E-state index contributed by atoms with van der Waals surface area (Å²) in [6.45, 7) is 7.33. The molecule has 0 bridgehead atoms. The maximum atomic E-state index is 2.41. The van der Waals surface area contributed by atoms with E-state index >= 15 is 0 Å². The van der Waals surface area contributed by atoms with E-state index in [4.69, 9.17) is 0 Å². The SMILES string of the molecule is CC(C)CCCCC1CN(C)C1.